The lowest BCUT2D eigenvalue weighted by Gasteiger charge is -2.27. The van der Waals surface area contributed by atoms with E-state index in [1.54, 1.807) is 6.07 Å². The highest BCUT2D eigenvalue weighted by Crippen LogP contribution is 2.27. The van der Waals surface area contributed by atoms with E-state index in [0.29, 0.717) is 16.6 Å². The molecule has 1 rings (SSSR count). The first kappa shape index (κ1) is 11.9. The summed E-state index contributed by atoms with van der Waals surface area (Å²) in [5.74, 6) is 0. The summed E-state index contributed by atoms with van der Waals surface area (Å²) in [5, 5.41) is 9.56. The van der Waals surface area contributed by atoms with Crippen LogP contribution in [0, 0.1) is 11.3 Å². The Bertz CT molecular complexity index is 382. The number of nitriles is 1. The number of rotatable bonds is 3. The number of anilines is 1. The van der Waals surface area contributed by atoms with Gasteiger partial charge in [0.25, 0.3) is 0 Å². The maximum Gasteiger partial charge on any atom is 0.103 e. The highest BCUT2D eigenvalue weighted by atomic mass is 35.5. The highest BCUT2D eigenvalue weighted by Gasteiger charge is 2.13. The van der Waals surface area contributed by atoms with E-state index in [2.05, 4.69) is 24.8 Å². The van der Waals surface area contributed by atoms with E-state index in [4.69, 9.17) is 16.9 Å². The second kappa shape index (κ2) is 5.04. The summed E-state index contributed by atoms with van der Waals surface area (Å²) in [5.41, 5.74) is 1.46. The van der Waals surface area contributed by atoms with Crippen LogP contribution in [0.2, 0.25) is 5.02 Å². The Morgan fingerprint density at radius 3 is 2.73 bits per heavy atom. The van der Waals surface area contributed by atoms with Gasteiger partial charge >= 0.3 is 0 Å². The Balaban J connectivity index is 3.15. The molecule has 2 nitrogen and oxygen atoms in total. The Labute approximate surface area is 96.1 Å². The van der Waals surface area contributed by atoms with Crippen molar-refractivity contribution < 1.29 is 0 Å². The Hall–Kier alpha value is -1.20. The molecule has 0 radical (unpaired) electrons. The standard InChI is InChI=1S/C12H15ClN2/c1-4-9(2)15(3)12-7-5-6-11(13)10(12)8-14/h5-7,9H,4H2,1-3H3. The van der Waals surface area contributed by atoms with E-state index in [1.807, 2.05) is 19.2 Å². The van der Waals surface area contributed by atoms with Crippen LogP contribution in [0.3, 0.4) is 0 Å². The van der Waals surface area contributed by atoms with Crippen molar-refractivity contribution in [2.24, 2.45) is 0 Å². The fourth-order valence-corrected chi connectivity index (χ4v) is 1.64. The molecule has 0 saturated heterocycles. The first-order chi connectivity index (χ1) is 7.11. The van der Waals surface area contributed by atoms with Gasteiger partial charge in [0.2, 0.25) is 0 Å². The fourth-order valence-electron chi connectivity index (χ4n) is 1.43. The summed E-state index contributed by atoms with van der Waals surface area (Å²) in [6.07, 6.45) is 1.04. The Morgan fingerprint density at radius 2 is 2.20 bits per heavy atom. The van der Waals surface area contributed by atoms with Gasteiger partial charge in [0.05, 0.1) is 16.3 Å². The van der Waals surface area contributed by atoms with E-state index in [9.17, 15) is 0 Å². The molecule has 0 N–H and O–H groups in total. The van der Waals surface area contributed by atoms with E-state index in [-0.39, 0.29) is 0 Å². The summed E-state index contributed by atoms with van der Waals surface area (Å²) in [6, 6.07) is 8.09. The molecule has 0 bridgehead atoms. The average Bonchev–Trinajstić information content (AvgIpc) is 2.26. The third-order valence-corrected chi connectivity index (χ3v) is 3.05. The summed E-state index contributed by atoms with van der Waals surface area (Å²) in [6.45, 7) is 4.25. The Kier molecular flexibility index (Phi) is 3.99. The monoisotopic (exact) mass is 222 g/mol. The maximum absolute atomic E-state index is 9.04. The fraction of sp³-hybridized carbons (Fsp3) is 0.417. The quantitative estimate of drug-likeness (QED) is 0.784. The van der Waals surface area contributed by atoms with Gasteiger partial charge in [-0.15, -0.1) is 0 Å². The van der Waals surface area contributed by atoms with Crippen molar-refractivity contribution in [3.8, 4) is 6.07 Å². The molecule has 0 amide bonds. The number of nitrogens with zero attached hydrogens (tertiary/aromatic N) is 2. The van der Waals surface area contributed by atoms with Gasteiger partial charge in [0, 0.05) is 13.1 Å². The van der Waals surface area contributed by atoms with Crippen molar-refractivity contribution >= 4 is 17.3 Å². The van der Waals surface area contributed by atoms with E-state index in [0.717, 1.165) is 12.1 Å². The summed E-state index contributed by atoms with van der Waals surface area (Å²) in [4.78, 5) is 2.09. The second-order valence-corrected chi connectivity index (χ2v) is 4.02. The van der Waals surface area contributed by atoms with Crippen LogP contribution >= 0.6 is 11.6 Å². The minimum atomic E-state index is 0.399. The maximum atomic E-state index is 9.04. The van der Waals surface area contributed by atoms with Crippen molar-refractivity contribution in [2.45, 2.75) is 26.3 Å². The average molecular weight is 223 g/mol. The zero-order chi connectivity index (χ0) is 11.4. The predicted molar refractivity (Wildman–Crippen MR) is 64.3 cm³/mol. The zero-order valence-corrected chi connectivity index (χ0v) is 10.0. The largest absolute Gasteiger partial charge is 0.371 e. The summed E-state index contributed by atoms with van der Waals surface area (Å²) >= 11 is 5.97. The van der Waals surface area contributed by atoms with Crippen LogP contribution < -0.4 is 4.90 Å². The van der Waals surface area contributed by atoms with Crippen LogP contribution in [-0.4, -0.2) is 13.1 Å². The van der Waals surface area contributed by atoms with Crippen LogP contribution in [0.5, 0.6) is 0 Å². The lowest BCUT2D eigenvalue weighted by molar-refractivity contribution is 0.663. The molecular weight excluding hydrogens is 208 g/mol. The van der Waals surface area contributed by atoms with Gasteiger partial charge in [-0.2, -0.15) is 5.26 Å². The third-order valence-electron chi connectivity index (χ3n) is 2.74. The first-order valence-electron chi connectivity index (χ1n) is 5.03. The first-order valence-corrected chi connectivity index (χ1v) is 5.41. The molecule has 0 spiro atoms. The summed E-state index contributed by atoms with van der Waals surface area (Å²) < 4.78 is 0. The molecular formula is C12H15ClN2. The summed E-state index contributed by atoms with van der Waals surface area (Å²) in [7, 11) is 1.99. The van der Waals surface area contributed by atoms with Crippen molar-refractivity contribution in [3.05, 3.63) is 28.8 Å². The topological polar surface area (TPSA) is 27.0 Å². The molecule has 1 unspecified atom stereocenters. The lowest BCUT2D eigenvalue weighted by Crippen LogP contribution is -2.28. The van der Waals surface area contributed by atoms with Crippen molar-refractivity contribution in [1.82, 2.24) is 0 Å². The zero-order valence-electron chi connectivity index (χ0n) is 9.29. The van der Waals surface area contributed by atoms with Crippen LogP contribution in [0.1, 0.15) is 25.8 Å². The molecule has 1 atom stereocenters. The minimum Gasteiger partial charge on any atom is -0.371 e. The van der Waals surface area contributed by atoms with Gasteiger partial charge in [-0.1, -0.05) is 24.6 Å². The molecule has 0 aliphatic rings. The van der Waals surface area contributed by atoms with Crippen molar-refractivity contribution in [1.29, 1.82) is 5.26 Å². The van der Waals surface area contributed by atoms with Gasteiger partial charge in [-0.3, -0.25) is 0 Å². The van der Waals surface area contributed by atoms with E-state index < -0.39 is 0 Å². The van der Waals surface area contributed by atoms with Gasteiger partial charge < -0.3 is 4.90 Å². The molecule has 0 saturated carbocycles. The van der Waals surface area contributed by atoms with Gasteiger partial charge in [-0.05, 0) is 25.5 Å². The second-order valence-electron chi connectivity index (χ2n) is 3.61. The molecule has 0 fully saturated rings. The highest BCUT2D eigenvalue weighted by molar-refractivity contribution is 6.32. The van der Waals surface area contributed by atoms with E-state index in [1.165, 1.54) is 0 Å². The molecule has 0 aromatic heterocycles. The number of benzene rings is 1. The van der Waals surface area contributed by atoms with Crippen LogP contribution in [0.15, 0.2) is 18.2 Å². The molecule has 0 aliphatic heterocycles. The molecule has 15 heavy (non-hydrogen) atoms. The van der Waals surface area contributed by atoms with E-state index >= 15 is 0 Å². The molecule has 1 aromatic rings. The normalized spacial score (nSPS) is 11.9. The van der Waals surface area contributed by atoms with Crippen LogP contribution in [-0.2, 0) is 0 Å². The SMILES string of the molecule is CCC(C)N(C)c1cccc(Cl)c1C#N. The predicted octanol–water partition coefficient (Wildman–Crippen LogP) is 3.45. The lowest BCUT2D eigenvalue weighted by atomic mass is 10.1. The van der Waals surface area contributed by atoms with Crippen LogP contribution in [0.4, 0.5) is 5.69 Å². The molecule has 80 valence electrons. The molecule has 1 aromatic carbocycles. The van der Waals surface area contributed by atoms with Gasteiger partial charge in [0.1, 0.15) is 6.07 Å². The minimum absolute atomic E-state index is 0.399. The van der Waals surface area contributed by atoms with Crippen molar-refractivity contribution in [2.75, 3.05) is 11.9 Å². The Morgan fingerprint density at radius 1 is 1.53 bits per heavy atom. The smallest absolute Gasteiger partial charge is 0.103 e. The van der Waals surface area contributed by atoms with Crippen molar-refractivity contribution in [3.63, 3.8) is 0 Å². The molecule has 3 heteroatoms. The number of hydrogen-bond acceptors (Lipinski definition) is 2. The molecule has 0 heterocycles. The van der Waals surface area contributed by atoms with Gasteiger partial charge in [-0.25, -0.2) is 0 Å². The van der Waals surface area contributed by atoms with Crippen LogP contribution in [0.25, 0.3) is 0 Å². The molecule has 0 aliphatic carbocycles. The number of halogens is 1. The third kappa shape index (κ3) is 2.43. The van der Waals surface area contributed by atoms with Gasteiger partial charge in [0.15, 0.2) is 0 Å². The number of hydrogen-bond donors (Lipinski definition) is 0.